The molecule has 1 saturated heterocycles. The van der Waals surface area contributed by atoms with E-state index in [0.717, 1.165) is 43.3 Å². The van der Waals surface area contributed by atoms with Crippen LogP contribution in [-0.4, -0.2) is 44.5 Å². The monoisotopic (exact) mass is 322 g/mol. The van der Waals surface area contributed by atoms with Crippen molar-refractivity contribution < 1.29 is 0 Å². The molecule has 0 spiro atoms. The van der Waals surface area contributed by atoms with Gasteiger partial charge in [-0.2, -0.15) is 0 Å². The molecular weight excluding hydrogens is 300 g/mol. The molecule has 1 fully saturated rings. The first-order chi connectivity index (χ1) is 11.7. The van der Waals surface area contributed by atoms with Crippen molar-refractivity contribution in [2.75, 3.05) is 19.6 Å². The lowest BCUT2D eigenvalue weighted by Gasteiger charge is -2.35. The van der Waals surface area contributed by atoms with Crippen LogP contribution >= 0.6 is 0 Å². The third-order valence-corrected chi connectivity index (χ3v) is 4.59. The summed E-state index contributed by atoms with van der Waals surface area (Å²) >= 11 is 0. The van der Waals surface area contributed by atoms with E-state index in [1.54, 1.807) is 0 Å². The number of rotatable bonds is 3. The summed E-state index contributed by atoms with van der Waals surface area (Å²) in [5, 5.41) is 2.26. The van der Waals surface area contributed by atoms with Crippen molar-refractivity contribution >= 4 is 0 Å². The van der Waals surface area contributed by atoms with E-state index in [1.807, 2.05) is 31.6 Å². The van der Waals surface area contributed by atoms with E-state index in [2.05, 4.69) is 49.4 Å². The minimum absolute atomic E-state index is 0.167. The molecule has 0 bridgehead atoms. The SMILES string of the molecule is Cc1cnc(CN2CCN3NC(c4ncccc4C)C=C3C2)cn1. The Hall–Kier alpha value is -2.31. The van der Waals surface area contributed by atoms with Gasteiger partial charge in [0.15, 0.2) is 0 Å². The molecular formula is C18H22N6. The summed E-state index contributed by atoms with van der Waals surface area (Å²) in [6.07, 6.45) is 7.87. The molecule has 4 heterocycles. The Morgan fingerprint density at radius 1 is 1.17 bits per heavy atom. The molecule has 0 radical (unpaired) electrons. The van der Waals surface area contributed by atoms with Gasteiger partial charge in [0.2, 0.25) is 0 Å². The third-order valence-electron chi connectivity index (χ3n) is 4.59. The van der Waals surface area contributed by atoms with Crippen LogP contribution in [0.4, 0.5) is 0 Å². The summed E-state index contributed by atoms with van der Waals surface area (Å²) in [4.78, 5) is 15.8. The lowest BCUT2D eigenvalue weighted by Crippen LogP contribution is -2.47. The van der Waals surface area contributed by atoms with Crippen molar-refractivity contribution in [3.63, 3.8) is 0 Å². The van der Waals surface area contributed by atoms with Crippen LogP contribution in [0.25, 0.3) is 0 Å². The maximum absolute atomic E-state index is 4.55. The van der Waals surface area contributed by atoms with Gasteiger partial charge in [-0.3, -0.25) is 19.9 Å². The van der Waals surface area contributed by atoms with Crippen molar-refractivity contribution in [2.24, 2.45) is 0 Å². The predicted octanol–water partition coefficient (Wildman–Crippen LogP) is 1.75. The van der Waals surface area contributed by atoms with Crippen molar-refractivity contribution in [3.8, 4) is 0 Å². The third kappa shape index (κ3) is 3.02. The number of hydrogen-bond acceptors (Lipinski definition) is 6. The molecule has 2 aliphatic rings. The number of aromatic nitrogens is 3. The van der Waals surface area contributed by atoms with Crippen molar-refractivity contribution in [1.82, 2.24) is 30.3 Å². The van der Waals surface area contributed by atoms with Gasteiger partial charge in [-0.1, -0.05) is 6.07 Å². The van der Waals surface area contributed by atoms with E-state index in [0.29, 0.717) is 0 Å². The first-order valence-electron chi connectivity index (χ1n) is 8.35. The van der Waals surface area contributed by atoms with Crippen LogP contribution in [0.1, 0.15) is 28.7 Å². The molecule has 1 N–H and O–H groups in total. The standard InChI is InChI=1S/C18H22N6/c1-13-4-3-5-19-18(13)17-8-16-12-23(6-7-24(16)22-17)11-15-10-20-14(2)9-21-15/h3-5,8-10,17,22H,6-7,11-12H2,1-2H3. The van der Waals surface area contributed by atoms with Crippen molar-refractivity contribution in [2.45, 2.75) is 26.4 Å². The molecule has 6 nitrogen and oxygen atoms in total. The number of nitrogens with one attached hydrogen (secondary N) is 1. The molecule has 2 aromatic heterocycles. The fourth-order valence-corrected chi connectivity index (χ4v) is 3.29. The summed E-state index contributed by atoms with van der Waals surface area (Å²) in [5.74, 6) is 0. The Morgan fingerprint density at radius 2 is 2.08 bits per heavy atom. The van der Waals surface area contributed by atoms with E-state index in [9.17, 15) is 0 Å². The molecule has 1 unspecified atom stereocenters. The van der Waals surface area contributed by atoms with Gasteiger partial charge in [-0.25, -0.2) is 5.43 Å². The first-order valence-corrected chi connectivity index (χ1v) is 8.35. The quantitative estimate of drug-likeness (QED) is 0.929. The van der Waals surface area contributed by atoms with Gasteiger partial charge in [0, 0.05) is 50.5 Å². The number of piperazine rings is 1. The smallest absolute Gasteiger partial charge is 0.0887 e. The largest absolute Gasteiger partial charge is 0.309 e. The zero-order valence-electron chi connectivity index (χ0n) is 14.1. The molecule has 0 aromatic carbocycles. The molecule has 124 valence electrons. The van der Waals surface area contributed by atoms with Crippen LogP contribution < -0.4 is 5.43 Å². The zero-order valence-corrected chi connectivity index (χ0v) is 14.1. The number of pyridine rings is 1. The minimum Gasteiger partial charge on any atom is -0.309 e. The van der Waals surface area contributed by atoms with Gasteiger partial charge >= 0.3 is 0 Å². The van der Waals surface area contributed by atoms with Crippen LogP contribution in [-0.2, 0) is 6.54 Å². The minimum atomic E-state index is 0.167. The summed E-state index contributed by atoms with van der Waals surface area (Å²) in [6, 6.07) is 4.26. The van der Waals surface area contributed by atoms with Crippen molar-refractivity contribution in [1.29, 1.82) is 0 Å². The second-order valence-corrected chi connectivity index (χ2v) is 6.48. The van der Waals surface area contributed by atoms with E-state index < -0.39 is 0 Å². The van der Waals surface area contributed by atoms with Crippen LogP contribution in [0.5, 0.6) is 0 Å². The lowest BCUT2D eigenvalue weighted by molar-refractivity contribution is 0.138. The van der Waals surface area contributed by atoms with Crippen LogP contribution in [0.2, 0.25) is 0 Å². The van der Waals surface area contributed by atoms with Crippen LogP contribution in [0.15, 0.2) is 42.5 Å². The van der Waals surface area contributed by atoms with Gasteiger partial charge in [0.05, 0.1) is 23.1 Å². The van der Waals surface area contributed by atoms with Gasteiger partial charge in [0.1, 0.15) is 0 Å². The highest BCUT2D eigenvalue weighted by Gasteiger charge is 2.30. The van der Waals surface area contributed by atoms with Gasteiger partial charge < -0.3 is 5.01 Å². The number of aryl methyl sites for hydroxylation is 2. The molecule has 2 aromatic rings. The highest BCUT2D eigenvalue weighted by atomic mass is 15.6. The average Bonchev–Trinajstić information content (AvgIpc) is 3.00. The number of hydrazine groups is 1. The molecule has 0 saturated carbocycles. The van der Waals surface area contributed by atoms with E-state index in [4.69, 9.17) is 0 Å². The molecule has 4 rings (SSSR count). The summed E-state index contributed by atoms with van der Waals surface area (Å²) in [5.41, 5.74) is 9.19. The van der Waals surface area contributed by atoms with E-state index in [1.165, 1.54) is 11.3 Å². The summed E-state index contributed by atoms with van der Waals surface area (Å²) in [6.45, 7) is 7.81. The normalized spacial score (nSPS) is 20.8. The Bertz CT molecular complexity index is 754. The fraction of sp³-hybridized carbons (Fsp3) is 0.389. The number of hydrogen-bond donors (Lipinski definition) is 1. The first kappa shape index (κ1) is 15.2. The van der Waals surface area contributed by atoms with Gasteiger partial charge in [-0.05, 0) is 31.6 Å². The lowest BCUT2D eigenvalue weighted by atomic mass is 10.1. The maximum atomic E-state index is 4.55. The number of nitrogens with zero attached hydrogens (tertiary/aromatic N) is 5. The summed E-state index contributed by atoms with van der Waals surface area (Å²) in [7, 11) is 0. The van der Waals surface area contributed by atoms with E-state index >= 15 is 0 Å². The highest BCUT2D eigenvalue weighted by molar-refractivity contribution is 5.29. The summed E-state index contributed by atoms with van der Waals surface area (Å²) < 4.78 is 0. The second kappa shape index (κ2) is 6.30. The average molecular weight is 322 g/mol. The van der Waals surface area contributed by atoms with Gasteiger partial charge in [0.25, 0.3) is 0 Å². The Balaban J connectivity index is 1.46. The molecule has 0 amide bonds. The zero-order chi connectivity index (χ0) is 16.5. The van der Waals surface area contributed by atoms with E-state index in [-0.39, 0.29) is 6.04 Å². The Kier molecular flexibility index (Phi) is 4.00. The molecule has 0 aliphatic carbocycles. The second-order valence-electron chi connectivity index (χ2n) is 6.48. The predicted molar refractivity (Wildman–Crippen MR) is 91.7 cm³/mol. The van der Waals surface area contributed by atoms with Crippen molar-refractivity contribution in [3.05, 3.63) is 65.1 Å². The molecule has 1 atom stereocenters. The van der Waals surface area contributed by atoms with Crippen LogP contribution in [0, 0.1) is 13.8 Å². The topological polar surface area (TPSA) is 57.2 Å². The molecule has 6 heteroatoms. The maximum Gasteiger partial charge on any atom is 0.0887 e. The van der Waals surface area contributed by atoms with Gasteiger partial charge in [-0.15, -0.1) is 0 Å². The highest BCUT2D eigenvalue weighted by Crippen LogP contribution is 2.27. The Labute approximate surface area is 142 Å². The number of fused-ring (bicyclic) bond motifs is 1. The van der Waals surface area contributed by atoms with Crippen LogP contribution in [0.3, 0.4) is 0 Å². The molecule has 2 aliphatic heterocycles. The Morgan fingerprint density at radius 3 is 2.88 bits per heavy atom. The fourth-order valence-electron chi connectivity index (χ4n) is 3.29. The molecule has 24 heavy (non-hydrogen) atoms.